The highest BCUT2D eigenvalue weighted by molar-refractivity contribution is 5.78. The molecule has 0 spiro atoms. The van der Waals surface area contributed by atoms with E-state index < -0.39 is 0 Å². The van der Waals surface area contributed by atoms with E-state index in [1.54, 1.807) is 0 Å². The Morgan fingerprint density at radius 2 is 2.33 bits per heavy atom. The molecule has 0 aromatic carbocycles. The highest BCUT2D eigenvalue weighted by Gasteiger charge is 2.58. The largest absolute Gasteiger partial charge is 0.377 e. The van der Waals surface area contributed by atoms with Gasteiger partial charge in [0.2, 0.25) is 5.91 Å². The molecule has 2 aliphatic rings. The zero-order valence-electron chi connectivity index (χ0n) is 9.45. The maximum Gasteiger partial charge on any atom is 0.233 e. The predicted octanol–water partition coefficient (Wildman–Crippen LogP) is 0.265. The van der Waals surface area contributed by atoms with Crippen molar-refractivity contribution in [2.45, 2.75) is 38.8 Å². The van der Waals surface area contributed by atoms with E-state index in [0.29, 0.717) is 12.0 Å². The normalized spacial score (nSPS) is 37.7. The molecule has 86 valence electrons. The molecule has 3 N–H and O–H groups in total. The van der Waals surface area contributed by atoms with E-state index in [4.69, 9.17) is 10.5 Å². The Bertz CT molecular complexity index is 265. The molecule has 1 saturated carbocycles. The third-order valence-electron chi connectivity index (χ3n) is 3.83. The topological polar surface area (TPSA) is 64.4 Å². The summed E-state index contributed by atoms with van der Waals surface area (Å²) < 4.78 is 5.76. The van der Waals surface area contributed by atoms with E-state index >= 15 is 0 Å². The molecule has 0 aromatic heterocycles. The Kier molecular flexibility index (Phi) is 2.73. The number of nitrogens with one attached hydrogen (secondary N) is 1. The summed E-state index contributed by atoms with van der Waals surface area (Å²) in [7, 11) is 0. The first-order chi connectivity index (χ1) is 7.07. The summed E-state index contributed by atoms with van der Waals surface area (Å²) in [5.74, 6) is 0.432. The smallest absolute Gasteiger partial charge is 0.233 e. The number of rotatable bonds is 2. The second kappa shape index (κ2) is 3.76. The number of ether oxygens (including phenoxy) is 1. The van der Waals surface area contributed by atoms with Crippen LogP contribution in [0.15, 0.2) is 0 Å². The number of fused-ring (bicyclic) bond motifs is 1. The molecule has 4 nitrogen and oxygen atoms in total. The highest BCUT2D eigenvalue weighted by Crippen LogP contribution is 2.51. The summed E-state index contributed by atoms with van der Waals surface area (Å²) in [6, 6.07) is 0.235. The van der Waals surface area contributed by atoms with E-state index in [9.17, 15) is 4.79 Å². The molecule has 3 unspecified atom stereocenters. The van der Waals surface area contributed by atoms with Crippen LogP contribution in [0.2, 0.25) is 0 Å². The van der Waals surface area contributed by atoms with Crippen molar-refractivity contribution in [2.75, 3.05) is 13.2 Å². The Hall–Kier alpha value is -0.610. The van der Waals surface area contributed by atoms with Crippen molar-refractivity contribution in [3.63, 3.8) is 0 Å². The van der Waals surface area contributed by atoms with Crippen LogP contribution >= 0.6 is 0 Å². The van der Waals surface area contributed by atoms with Gasteiger partial charge < -0.3 is 15.8 Å². The fourth-order valence-corrected chi connectivity index (χ4v) is 3.05. The number of carbonyl (C=O) groups is 1. The maximum atomic E-state index is 11.3. The first-order valence-electron chi connectivity index (χ1n) is 5.68. The Labute approximate surface area is 90.5 Å². The van der Waals surface area contributed by atoms with Crippen molar-refractivity contribution in [2.24, 2.45) is 17.1 Å². The lowest BCUT2D eigenvalue weighted by Crippen LogP contribution is -2.70. The van der Waals surface area contributed by atoms with Gasteiger partial charge in [-0.1, -0.05) is 13.8 Å². The summed E-state index contributed by atoms with van der Waals surface area (Å²) in [5, 5.41) is 3.01. The maximum absolute atomic E-state index is 11.3. The number of hydrogen-bond donors (Lipinski definition) is 2. The molecular weight excluding hydrogens is 192 g/mol. The van der Waals surface area contributed by atoms with Gasteiger partial charge in [0.05, 0.1) is 12.6 Å². The molecule has 0 bridgehead atoms. The lowest BCUT2D eigenvalue weighted by Gasteiger charge is -2.59. The standard InChI is InChI=1S/C11H20N2O2/c1-11(2)9(13-8(14)6-12)7-4-3-5-15-10(7)11/h7,9-10H,3-6,12H2,1-2H3,(H,13,14). The minimum atomic E-state index is -0.0582. The first kappa shape index (κ1) is 10.9. The van der Waals surface area contributed by atoms with Gasteiger partial charge in [0.1, 0.15) is 0 Å². The zero-order valence-corrected chi connectivity index (χ0v) is 9.45. The summed E-state index contributed by atoms with van der Waals surface area (Å²) in [5.41, 5.74) is 5.36. The second-order valence-corrected chi connectivity index (χ2v) is 5.17. The third-order valence-corrected chi connectivity index (χ3v) is 3.83. The molecular formula is C11H20N2O2. The summed E-state index contributed by atoms with van der Waals surface area (Å²) >= 11 is 0. The van der Waals surface area contributed by atoms with E-state index in [0.717, 1.165) is 19.4 Å². The van der Waals surface area contributed by atoms with Gasteiger partial charge in [0, 0.05) is 24.0 Å². The second-order valence-electron chi connectivity index (χ2n) is 5.17. The molecule has 1 saturated heterocycles. The van der Waals surface area contributed by atoms with E-state index in [2.05, 4.69) is 19.2 Å². The van der Waals surface area contributed by atoms with Crippen molar-refractivity contribution in [1.82, 2.24) is 5.32 Å². The van der Waals surface area contributed by atoms with Crippen LogP contribution in [0.25, 0.3) is 0 Å². The van der Waals surface area contributed by atoms with Gasteiger partial charge in [-0.2, -0.15) is 0 Å². The van der Waals surface area contributed by atoms with Gasteiger partial charge in [-0.05, 0) is 12.8 Å². The van der Waals surface area contributed by atoms with E-state index in [1.807, 2.05) is 0 Å². The lowest BCUT2D eigenvalue weighted by molar-refractivity contribution is -0.193. The average Bonchev–Trinajstić information content (AvgIpc) is 2.25. The van der Waals surface area contributed by atoms with Crippen molar-refractivity contribution in [1.29, 1.82) is 0 Å². The van der Waals surface area contributed by atoms with E-state index in [-0.39, 0.29) is 23.9 Å². The van der Waals surface area contributed by atoms with Gasteiger partial charge in [-0.3, -0.25) is 4.79 Å². The fraction of sp³-hybridized carbons (Fsp3) is 0.909. The van der Waals surface area contributed by atoms with Crippen LogP contribution in [-0.4, -0.2) is 31.2 Å². The van der Waals surface area contributed by atoms with Crippen molar-refractivity contribution >= 4 is 5.91 Å². The Morgan fingerprint density at radius 3 is 3.00 bits per heavy atom. The minimum Gasteiger partial charge on any atom is -0.377 e. The van der Waals surface area contributed by atoms with Crippen molar-refractivity contribution in [3.05, 3.63) is 0 Å². The summed E-state index contributed by atoms with van der Waals surface area (Å²) in [6.07, 6.45) is 2.57. The molecule has 1 aliphatic heterocycles. The molecule has 2 fully saturated rings. The Balaban J connectivity index is 2.02. The van der Waals surface area contributed by atoms with Gasteiger partial charge in [0.15, 0.2) is 0 Å². The van der Waals surface area contributed by atoms with Crippen LogP contribution in [-0.2, 0) is 9.53 Å². The Morgan fingerprint density at radius 1 is 1.60 bits per heavy atom. The predicted molar refractivity (Wildman–Crippen MR) is 57.2 cm³/mol. The molecule has 4 heteroatoms. The van der Waals surface area contributed by atoms with Crippen LogP contribution in [0.5, 0.6) is 0 Å². The first-order valence-corrected chi connectivity index (χ1v) is 5.68. The fourth-order valence-electron chi connectivity index (χ4n) is 3.05. The minimum absolute atomic E-state index is 0.0515. The zero-order chi connectivity index (χ0) is 11.1. The van der Waals surface area contributed by atoms with Gasteiger partial charge >= 0.3 is 0 Å². The molecule has 0 aromatic rings. The third kappa shape index (κ3) is 1.66. The molecule has 15 heavy (non-hydrogen) atoms. The van der Waals surface area contributed by atoms with E-state index in [1.165, 1.54) is 0 Å². The molecule has 1 aliphatic carbocycles. The highest BCUT2D eigenvalue weighted by atomic mass is 16.5. The average molecular weight is 212 g/mol. The van der Waals surface area contributed by atoms with Crippen LogP contribution in [0.4, 0.5) is 0 Å². The number of hydrogen-bond acceptors (Lipinski definition) is 3. The van der Waals surface area contributed by atoms with Crippen LogP contribution in [0.1, 0.15) is 26.7 Å². The van der Waals surface area contributed by atoms with Gasteiger partial charge in [-0.25, -0.2) is 0 Å². The van der Waals surface area contributed by atoms with Crippen LogP contribution in [0, 0.1) is 11.3 Å². The van der Waals surface area contributed by atoms with Gasteiger partial charge in [-0.15, -0.1) is 0 Å². The summed E-state index contributed by atoms with van der Waals surface area (Å²) in [6.45, 7) is 5.24. The number of carbonyl (C=O) groups excluding carboxylic acids is 1. The van der Waals surface area contributed by atoms with Gasteiger partial charge in [0.25, 0.3) is 0 Å². The number of amides is 1. The molecule has 2 rings (SSSR count). The monoisotopic (exact) mass is 212 g/mol. The SMILES string of the molecule is CC1(C)C(NC(=O)CN)C2CCCOC21. The van der Waals surface area contributed by atoms with Crippen molar-refractivity contribution < 1.29 is 9.53 Å². The quantitative estimate of drug-likeness (QED) is 0.690. The molecule has 1 heterocycles. The van der Waals surface area contributed by atoms with Crippen LogP contribution < -0.4 is 11.1 Å². The molecule has 3 atom stereocenters. The lowest BCUT2D eigenvalue weighted by atomic mass is 9.55. The molecule has 0 radical (unpaired) electrons. The number of nitrogens with two attached hydrogens (primary N) is 1. The van der Waals surface area contributed by atoms with Crippen LogP contribution in [0.3, 0.4) is 0 Å². The van der Waals surface area contributed by atoms with Crippen molar-refractivity contribution in [3.8, 4) is 0 Å². The molecule has 1 amide bonds. The summed E-state index contributed by atoms with van der Waals surface area (Å²) in [4.78, 5) is 11.3.